The molecule has 1 aliphatic rings. The first-order chi connectivity index (χ1) is 15.2. The van der Waals surface area contributed by atoms with E-state index in [9.17, 15) is 40.2 Å². The molecule has 11 nitrogen and oxygen atoms in total. The molecule has 11 heteroatoms. The van der Waals surface area contributed by atoms with Crippen molar-refractivity contribution in [1.82, 2.24) is 0 Å². The lowest BCUT2D eigenvalue weighted by molar-refractivity contribution is -0.342. The molecule has 32 heavy (non-hydrogen) atoms. The number of fused-ring (bicyclic) bond motifs is 1. The van der Waals surface area contributed by atoms with Gasteiger partial charge >= 0.3 is 0 Å². The first-order valence-electron chi connectivity index (χ1n) is 9.34. The summed E-state index contributed by atoms with van der Waals surface area (Å²) in [5.74, 6) is -3.73. The van der Waals surface area contributed by atoms with Crippen LogP contribution in [0.2, 0.25) is 0 Å². The van der Waals surface area contributed by atoms with Gasteiger partial charge < -0.3 is 49.3 Å². The summed E-state index contributed by atoms with van der Waals surface area (Å²) in [4.78, 5) is 23.7. The monoisotopic (exact) mass is 445 g/mol. The zero-order valence-corrected chi connectivity index (χ0v) is 16.1. The van der Waals surface area contributed by atoms with E-state index in [0.29, 0.717) is 5.56 Å². The van der Waals surface area contributed by atoms with Gasteiger partial charge in [-0.3, -0.25) is 4.79 Å². The molecule has 1 aliphatic heterocycles. The van der Waals surface area contributed by atoms with E-state index in [1.807, 2.05) is 0 Å². The van der Waals surface area contributed by atoms with Gasteiger partial charge in [0, 0.05) is 17.7 Å². The molecule has 1 fully saturated rings. The number of aromatic hydroxyl groups is 2. The van der Waals surface area contributed by atoms with Crippen LogP contribution < -0.4 is 15.3 Å². The summed E-state index contributed by atoms with van der Waals surface area (Å²) in [6.45, 7) is 0. The van der Waals surface area contributed by atoms with Crippen molar-refractivity contribution in [3.8, 4) is 28.6 Å². The average molecular weight is 445 g/mol. The number of benzene rings is 2. The second kappa shape index (κ2) is 8.13. The Morgan fingerprint density at radius 3 is 2.34 bits per heavy atom. The third-order valence-electron chi connectivity index (χ3n) is 5.02. The minimum atomic E-state index is -2.04. The number of phenolic OH excluding ortho intramolecular Hbond substituents is 2. The number of carbonyl (C=O) groups is 1. The van der Waals surface area contributed by atoms with Crippen molar-refractivity contribution in [1.29, 1.82) is 0 Å². The third-order valence-corrected chi connectivity index (χ3v) is 5.02. The number of aliphatic hydroxyl groups is 3. The molecule has 1 aromatic heterocycles. The van der Waals surface area contributed by atoms with Crippen molar-refractivity contribution in [2.75, 3.05) is 0 Å². The van der Waals surface area contributed by atoms with Gasteiger partial charge in [0.25, 0.3) is 0 Å². The quantitative estimate of drug-likeness (QED) is 0.303. The number of carbonyl (C=O) groups excluding carboxylic acids is 1. The van der Waals surface area contributed by atoms with Crippen LogP contribution in [0, 0.1) is 0 Å². The van der Waals surface area contributed by atoms with Crippen LogP contribution in [0.25, 0.3) is 22.3 Å². The van der Waals surface area contributed by atoms with E-state index in [0.717, 1.165) is 12.1 Å². The second-order valence-electron chi connectivity index (χ2n) is 7.12. The summed E-state index contributed by atoms with van der Waals surface area (Å²) in [7, 11) is 0. The molecule has 2 aromatic carbocycles. The minimum absolute atomic E-state index is 0.0828. The minimum Gasteiger partial charge on any atom is -0.547 e. The molecule has 0 unspecified atom stereocenters. The second-order valence-corrected chi connectivity index (χ2v) is 7.12. The van der Waals surface area contributed by atoms with Crippen molar-refractivity contribution in [3.63, 3.8) is 0 Å². The Hall–Kier alpha value is -3.64. The number of phenols is 2. The summed E-state index contributed by atoms with van der Waals surface area (Å²) in [5, 5.41) is 61.4. The largest absolute Gasteiger partial charge is 0.547 e. The lowest BCUT2D eigenvalue weighted by atomic mass is 9.99. The molecule has 5 N–H and O–H groups in total. The molecule has 0 amide bonds. The Kier molecular flexibility index (Phi) is 5.48. The van der Waals surface area contributed by atoms with Gasteiger partial charge in [-0.2, -0.15) is 0 Å². The molecule has 0 saturated carbocycles. The number of hydrogen-bond donors (Lipinski definition) is 5. The first-order valence-corrected chi connectivity index (χ1v) is 9.34. The maximum Gasteiger partial charge on any atom is 0.229 e. The van der Waals surface area contributed by atoms with Crippen molar-refractivity contribution in [2.45, 2.75) is 30.7 Å². The van der Waals surface area contributed by atoms with E-state index < -0.39 is 64.9 Å². The zero-order chi connectivity index (χ0) is 23.2. The van der Waals surface area contributed by atoms with Crippen LogP contribution in [-0.2, 0) is 9.53 Å². The Labute approximate surface area is 178 Å². The van der Waals surface area contributed by atoms with E-state index in [-0.39, 0.29) is 11.1 Å². The maximum atomic E-state index is 12.5. The Bertz CT molecular complexity index is 1220. The van der Waals surface area contributed by atoms with Crippen molar-refractivity contribution in [3.05, 3.63) is 52.7 Å². The van der Waals surface area contributed by atoms with Crippen molar-refractivity contribution >= 4 is 16.9 Å². The van der Waals surface area contributed by atoms with Gasteiger partial charge in [0.1, 0.15) is 41.3 Å². The summed E-state index contributed by atoms with van der Waals surface area (Å²) in [6.07, 6.45) is -9.84. The highest BCUT2D eigenvalue weighted by Gasteiger charge is 2.46. The van der Waals surface area contributed by atoms with Gasteiger partial charge in [0.15, 0.2) is 16.8 Å². The van der Waals surface area contributed by atoms with Gasteiger partial charge in [-0.05, 0) is 0 Å². The topological polar surface area (TPSA) is 190 Å². The molecular formula is C21H17O11-. The zero-order valence-electron chi connectivity index (χ0n) is 16.1. The Balaban J connectivity index is 1.77. The highest BCUT2D eigenvalue weighted by atomic mass is 16.7. The first kappa shape index (κ1) is 21.6. The van der Waals surface area contributed by atoms with E-state index in [1.165, 1.54) is 0 Å². The highest BCUT2D eigenvalue weighted by molar-refractivity contribution is 5.91. The molecule has 2 heterocycles. The summed E-state index contributed by atoms with van der Waals surface area (Å²) < 4.78 is 15.8. The van der Waals surface area contributed by atoms with Gasteiger partial charge in [0.05, 0.1) is 5.97 Å². The summed E-state index contributed by atoms with van der Waals surface area (Å²) in [5.41, 5.74) is -0.584. The number of carboxylic acid groups (broad SMARTS) is 1. The smallest absolute Gasteiger partial charge is 0.229 e. The van der Waals surface area contributed by atoms with Crippen LogP contribution in [0.4, 0.5) is 0 Å². The predicted octanol–water partition coefficient (Wildman–Crippen LogP) is -1.19. The van der Waals surface area contributed by atoms with Gasteiger partial charge in [0.2, 0.25) is 12.0 Å². The van der Waals surface area contributed by atoms with Crippen molar-refractivity contribution < 1.29 is 49.3 Å². The standard InChI is InChI=1S/C21H18O11/c22-9-6-11(8-4-2-1-3-5-8)30-18-13(9)10(23)7-12(14(18)24)31-21-17(27)15(25)16(26)19(32-21)20(28)29/h1-7,15-17,19,21,23-27H,(H,28,29)/p-1/t15-,16+,17-,19-,21+/m1/s1. The fourth-order valence-electron chi connectivity index (χ4n) is 3.38. The van der Waals surface area contributed by atoms with Crippen molar-refractivity contribution in [2.24, 2.45) is 0 Å². The molecule has 0 aliphatic carbocycles. The lowest BCUT2D eigenvalue weighted by Gasteiger charge is -2.40. The van der Waals surface area contributed by atoms with Crippen LogP contribution in [0.5, 0.6) is 17.2 Å². The summed E-state index contributed by atoms with van der Waals surface area (Å²) in [6, 6.07) is 10.4. The number of aliphatic hydroxyl groups excluding tert-OH is 3. The molecule has 3 aromatic rings. The molecule has 4 rings (SSSR count). The van der Waals surface area contributed by atoms with Crippen LogP contribution >= 0.6 is 0 Å². The van der Waals surface area contributed by atoms with Gasteiger partial charge in [-0.1, -0.05) is 30.3 Å². The van der Waals surface area contributed by atoms with E-state index in [4.69, 9.17) is 13.9 Å². The third kappa shape index (κ3) is 3.63. The number of ether oxygens (including phenoxy) is 2. The molecule has 168 valence electrons. The Morgan fingerprint density at radius 2 is 1.69 bits per heavy atom. The molecule has 0 bridgehead atoms. The van der Waals surface area contributed by atoms with E-state index in [1.54, 1.807) is 30.3 Å². The van der Waals surface area contributed by atoms with Crippen LogP contribution in [-0.4, -0.2) is 62.2 Å². The summed E-state index contributed by atoms with van der Waals surface area (Å²) >= 11 is 0. The van der Waals surface area contributed by atoms with Crippen LogP contribution in [0.15, 0.2) is 51.7 Å². The molecular weight excluding hydrogens is 428 g/mol. The average Bonchev–Trinajstić information content (AvgIpc) is 2.77. The van der Waals surface area contributed by atoms with E-state index >= 15 is 0 Å². The number of rotatable bonds is 4. The van der Waals surface area contributed by atoms with Crippen LogP contribution in [0.1, 0.15) is 0 Å². The molecule has 1 saturated heterocycles. The predicted molar refractivity (Wildman–Crippen MR) is 104 cm³/mol. The highest BCUT2D eigenvalue weighted by Crippen LogP contribution is 2.41. The Morgan fingerprint density at radius 1 is 1.00 bits per heavy atom. The number of aliphatic carboxylic acids is 1. The van der Waals surface area contributed by atoms with Gasteiger partial charge in [-0.25, -0.2) is 0 Å². The SMILES string of the molecule is O=C([O-])[C@@H]1O[C@H](Oc2cc(O)c3c(=O)cc(-c4ccccc4)oc3c2O)[C@H](O)[C@H](O)[C@@H]1O. The van der Waals surface area contributed by atoms with Gasteiger partial charge in [-0.15, -0.1) is 0 Å². The fourth-order valence-corrected chi connectivity index (χ4v) is 3.38. The normalized spacial score (nSPS) is 25.5. The molecule has 0 radical (unpaired) electrons. The lowest BCUT2D eigenvalue weighted by Crippen LogP contribution is -2.63. The van der Waals surface area contributed by atoms with Crippen LogP contribution in [0.3, 0.4) is 0 Å². The number of carboxylic acids is 1. The number of hydrogen-bond acceptors (Lipinski definition) is 11. The molecule has 5 atom stereocenters. The molecule has 0 spiro atoms. The van der Waals surface area contributed by atoms with E-state index in [2.05, 4.69) is 0 Å². The maximum absolute atomic E-state index is 12.5. The fraction of sp³-hybridized carbons (Fsp3) is 0.238.